The van der Waals surface area contributed by atoms with Crippen molar-refractivity contribution >= 4 is 23.8 Å². The van der Waals surface area contributed by atoms with Gasteiger partial charge >= 0.3 is 11.9 Å². The van der Waals surface area contributed by atoms with Crippen molar-refractivity contribution in [3.63, 3.8) is 0 Å². The van der Waals surface area contributed by atoms with Crippen LogP contribution in [0, 0.1) is 29.1 Å². The molecule has 0 bridgehead atoms. The molecule has 26 nitrogen and oxygen atoms in total. The van der Waals surface area contributed by atoms with Crippen LogP contribution in [0.4, 0.5) is 22.0 Å². The molecule has 2 aliphatic heterocycles. The Balaban J connectivity index is 0.876. The van der Waals surface area contributed by atoms with E-state index in [4.69, 9.17) is 42.6 Å². The minimum atomic E-state index is -2.85. The number of rotatable bonds is 32. The molecule has 2 aliphatic rings. The number of amides is 2. The molecule has 2 amide bonds. The molecular weight excluding hydrogens is 1110 g/mol. The lowest BCUT2D eigenvalue weighted by Crippen LogP contribution is -2.68. The Morgan fingerprint density at radius 2 is 1.40 bits per heavy atom. The van der Waals surface area contributed by atoms with E-state index in [1.807, 2.05) is 0 Å². The fraction of sp³-hybridized carbons (Fsp3) is 0.529. The summed E-state index contributed by atoms with van der Waals surface area (Å²) in [5.74, 6) is -19.7. The van der Waals surface area contributed by atoms with Crippen molar-refractivity contribution in [3.05, 3.63) is 101 Å². The standard InChI is InChI=1S/C51H62F5N5O21/c1-27(62)58-41-32(63)23-51(50(71)72,82-47(41)42(66)33(64)24-57-48(70)28-6-5-9-31(22-28)79-30-7-3-2-4-8-30)78-26-34-43(67)44(68)45(69)49(80-34)77-14-10-29-25-61(60-59-29)12-15-74-17-19-76-21-20-75-18-16-73-13-11-35(65)81-46-39(55)37(53)36(52)38(54)40(46)56/h2-9,22,25,32-34,41-45,47,49,63-64,66-69H,10-21,23-24,26H2,1H3,(H,57,70)(H,58,62)(H,71,72)/t32-,33+,34+,41+,42-,43-,44-,45+,47-,49+,51+/m0/s1. The van der Waals surface area contributed by atoms with Gasteiger partial charge < -0.3 is 93.7 Å². The number of aromatic nitrogens is 3. The highest BCUT2D eigenvalue weighted by molar-refractivity contribution is 5.94. The highest BCUT2D eigenvalue weighted by atomic mass is 19.2. The van der Waals surface area contributed by atoms with Crippen molar-refractivity contribution in [3.8, 4) is 17.2 Å². The van der Waals surface area contributed by atoms with Gasteiger partial charge in [0.05, 0.1) is 103 Å². The number of ether oxygens (including phenoxy) is 10. The third-order valence-electron chi connectivity index (χ3n) is 12.3. The quantitative estimate of drug-likeness (QED) is 0.00763. The largest absolute Gasteiger partial charge is 0.477 e. The molecule has 0 saturated carbocycles. The van der Waals surface area contributed by atoms with Crippen LogP contribution in [0.15, 0.2) is 60.8 Å². The molecule has 11 atom stereocenters. The maximum atomic E-state index is 13.7. The van der Waals surface area contributed by atoms with Crippen LogP contribution < -0.4 is 20.1 Å². The van der Waals surface area contributed by atoms with Gasteiger partial charge in [-0.1, -0.05) is 29.5 Å². The summed E-state index contributed by atoms with van der Waals surface area (Å²) < 4.78 is 123. The van der Waals surface area contributed by atoms with Crippen LogP contribution in [0.25, 0.3) is 0 Å². The molecule has 4 aromatic rings. The molecule has 0 unspecified atom stereocenters. The molecule has 3 heterocycles. The summed E-state index contributed by atoms with van der Waals surface area (Å²) in [4.78, 5) is 50.0. The predicted molar refractivity (Wildman–Crippen MR) is 263 cm³/mol. The molecule has 0 spiro atoms. The van der Waals surface area contributed by atoms with E-state index in [-0.39, 0.29) is 78.0 Å². The first-order valence-electron chi connectivity index (χ1n) is 25.4. The Morgan fingerprint density at radius 1 is 0.780 bits per heavy atom. The van der Waals surface area contributed by atoms with Crippen molar-refractivity contribution in [2.24, 2.45) is 0 Å². The van der Waals surface area contributed by atoms with Gasteiger partial charge in [-0.3, -0.25) is 14.4 Å². The lowest BCUT2D eigenvalue weighted by atomic mass is 9.88. The number of nitrogens with zero attached hydrogens (tertiary/aromatic N) is 3. The van der Waals surface area contributed by atoms with Gasteiger partial charge in [-0.05, 0) is 30.3 Å². The lowest BCUT2D eigenvalue weighted by molar-refractivity contribution is -0.338. The minimum Gasteiger partial charge on any atom is -0.477 e. The topological polar surface area (TPSA) is 357 Å². The number of aliphatic hydroxyl groups excluding tert-OH is 6. The summed E-state index contributed by atoms with van der Waals surface area (Å²) in [6.45, 7) is 0.430. The maximum absolute atomic E-state index is 13.7. The van der Waals surface area contributed by atoms with Crippen molar-refractivity contribution in [2.45, 2.75) is 99.7 Å². The molecular formula is C51H62F5N5O21. The van der Waals surface area contributed by atoms with E-state index >= 15 is 0 Å². The Bertz CT molecular complexity index is 2690. The molecule has 2 saturated heterocycles. The van der Waals surface area contributed by atoms with Gasteiger partial charge in [0.25, 0.3) is 11.7 Å². The molecule has 0 aliphatic carbocycles. The Morgan fingerprint density at radius 3 is 2.05 bits per heavy atom. The first kappa shape index (κ1) is 64.7. The molecule has 31 heteroatoms. The molecule has 1 aromatic heterocycles. The third-order valence-corrected chi connectivity index (χ3v) is 12.3. The second-order valence-electron chi connectivity index (χ2n) is 18.3. The van der Waals surface area contributed by atoms with Crippen molar-refractivity contribution in [2.75, 3.05) is 72.6 Å². The summed E-state index contributed by atoms with van der Waals surface area (Å²) in [5.41, 5.74) is 0.553. The average Bonchev–Trinajstić information content (AvgIpc) is 3.43. The van der Waals surface area contributed by atoms with Gasteiger partial charge in [0, 0.05) is 38.1 Å². The summed E-state index contributed by atoms with van der Waals surface area (Å²) in [6.07, 6.45) is -16.3. The van der Waals surface area contributed by atoms with Gasteiger partial charge in [0.15, 0.2) is 6.29 Å². The number of benzene rings is 3. The van der Waals surface area contributed by atoms with Crippen molar-refractivity contribution in [1.29, 1.82) is 0 Å². The van der Waals surface area contributed by atoms with Crippen molar-refractivity contribution in [1.82, 2.24) is 25.6 Å². The van der Waals surface area contributed by atoms with E-state index in [2.05, 4.69) is 25.7 Å². The van der Waals surface area contributed by atoms with E-state index in [1.54, 1.807) is 48.7 Å². The van der Waals surface area contributed by atoms with Gasteiger partial charge in [0.2, 0.25) is 40.7 Å². The normalized spacial score (nSPS) is 23.4. The molecule has 0 radical (unpaired) electrons. The average molecular weight is 1180 g/mol. The van der Waals surface area contributed by atoms with Gasteiger partial charge in [-0.2, -0.15) is 8.78 Å². The number of aliphatic carboxylic acids is 1. The Hall–Kier alpha value is -6.43. The lowest BCUT2D eigenvalue weighted by Gasteiger charge is -2.47. The van der Waals surface area contributed by atoms with Crippen LogP contribution in [0.2, 0.25) is 0 Å². The predicted octanol–water partition coefficient (Wildman–Crippen LogP) is -0.201. The number of hydrogen-bond donors (Lipinski definition) is 9. The van der Waals surface area contributed by atoms with Crippen LogP contribution >= 0.6 is 0 Å². The number of nitrogens with one attached hydrogen (secondary N) is 2. The number of aliphatic hydroxyl groups is 6. The zero-order chi connectivity index (χ0) is 59.5. The summed E-state index contributed by atoms with van der Waals surface area (Å²) >= 11 is 0. The zero-order valence-corrected chi connectivity index (χ0v) is 43.7. The first-order valence-corrected chi connectivity index (χ1v) is 25.4. The monoisotopic (exact) mass is 1180 g/mol. The second kappa shape index (κ2) is 31.3. The van der Waals surface area contributed by atoms with Crippen LogP contribution in [0.1, 0.15) is 35.8 Å². The number of carboxylic acids is 1. The molecule has 2 fully saturated rings. The zero-order valence-electron chi connectivity index (χ0n) is 43.7. The smallest absolute Gasteiger partial charge is 0.364 e. The Labute approximate surface area is 463 Å². The maximum Gasteiger partial charge on any atom is 0.364 e. The van der Waals surface area contributed by atoms with Gasteiger partial charge in [0.1, 0.15) is 48.1 Å². The minimum absolute atomic E-state index is 0.00337. The van der Waals surface area contributed by atoms with Crippen LogP contribution in [-0.2, 0) is 65.2 Å². The van der Waals surface area contributed by atoms with Crippen molar-refractivity contribution < 1.29 is 124 Å². The van der Waals surface area contributed by atoms with E-state index < -0.39 is 152 Å². The highest BCUT2D eigenvalue weighted by Gasteiger charge is 2.57. The number of hydrogen-bond acceptors (Lipinski definition) is 22. The SMILES string of the molecule is CC(=O)N[C@H]1[C@@H]([C@@H](O)[C@H](O)CNC(=O)c2cccc(Oc3ccccc3)c2)O[C@@](OC[C@H]2O[C@@H](OCCc3cn(CCOCCOCCOCCOCCC(=O)Oc4c(F)c(F)c(F)c(F)c4F)nn3)[C@H](O)[C@@H](O)[C@H]2O)(C(=O)O)C[C@@H]1O. The van der Waals surface area contributed by atoms with E-state index in [1.165, 1.54) is 16.8 Å². The number of carboxylic acid groups (broad SMARTS) is 1. The number of halogens is 5. The highest BCUT2D eigenvalue weighted by Crippen LogP contribution is 2.35. The van der Waals surface area contributed by atoms with E-state index in [0.717, 1.165) is 6.92 Å². The fourth-order valence-electron chi connectivity index (χ4n) is 8.08. The van der Waals surface area contributed by atoms with Crippen LogP contribution in [-0.4, -0.2) is 214 Å². The summed E-state index contributed by atoms with van der Waals surface area (Å²) in [5, 5.41) is 89.3. The number of esters is 1. The third kappa shape index (κ3) is 18.0. The molecule has 452 valence electrons. The Kier molecular flexibility index (Phi) is 24.7. The number of carbonyl (C=O) groups is 4. The van der Waals surface area contributed by atoms with Crippen LogP contribution in [0.3, 0.4) is 0 Å². The summed E-state index contributed by atoms with van der Waals surface area (Å²) in [6, 6.07) is 13.3. The fourth-order valence-corrected chi connectivity index (χ4v) is 8.08. The van der Waals surface area contributed by atoms with Gasteiger partial charge in [-0.15, -0.1) is 5.10 Å². The second-order valence-corrected chi connectivity index (χ2v) is 18.3. The molecule has 9 N–H and O–H groups in total. The number of carbonyl (C=O) groups excluding carboxylic acids is 3. The summed E-state index contributed by atoms with van der Waals surface area (Å²) in [7, 11) is 0. The van der Waals surface area contributed by atoms with E-state index in [0.29, 0.717) is 17.2 Å². The molecule has 6 rings (SSSR count). The van der Waals surface area contributed by atoms with E-state index in [9.17, 15) is 76.9 Å². The van der Waals surface area contributed by atoms with Gasteiger partial charge in [-0.25, -0.2) is 22.6 Å². The first-order chi connectivity index (χ1) is 39.2. The molecule has 3 aromatic carbocycles. The number of para-hydroxylation sites is 1. The van der Waals surface area contributed by atoms with Crippen LogP contribution in [0.5, 0.6) is 17.2 Å². The molecule has 82 heavy (non-hydrogen) atoms.